The van der Waals surface area contributed by atoms with Gasteiger partial charge >= 0.3 is 0 Å². The lowest BCUT2D eigenvalue weighted by Gasteiger charge is -2.09. The van der Waals surface area contributed by atoms with Gasteiger partial charge in [-0.1, -0.05) is 86.7 Å². The first kappa shape index (κ1) is 12.6. The summed E-state index contributed by atoms with van der Waals surface area (Å²) < 4.78 is 0. The van der Waals surface area contributed by atoms with Crippen LogP contribution in [-0.2, 0) is 0 Å². The predicted octanol–water partition coefficient (Wildman–Crippen LogP) is 5.15. The van der Waals surface area contributed by atoms with Crippen LogP contribution in [-0.4, -0.2) is 0 Å². The second kappa shape index (κ2) is 6.20. The molecule has 0 heterocycles. The summed E-state index contributed by atoms with van der Waals surface area (Å²) in [4.78, 5) is 0. The topological polar surface area (TPSA) is 0 Å². The summed E-state index contributed by atoms with van der Waals surface area (Å²) in [6.45, 7) is 4.48. The molecule has 0 aliphatic heterocycles. The Hall–Kier alpha value is -1.82. The van der Waals surface area contributed by atoms with Gasteiger partial charge in [0, 0.05) is 0 Å². The maximum absolute atomic E-state index is 2.30. The van der Waals surface area contributed by atoms with Gasteiger partial charge in [-0.05, 0) is 23.0 Å². The van der Waals surface area contributed by atoms with Crippen LogP contribution in [0.4, 0.5) is 0 Å². The number of benzene rings is 2. The van der Waals surface area contributed by atoms with E-state index in [2.05, 4.69) is 86.7 Å². The monoisotopic (exact) mass is 236 g/mol. The van der Waals surface area contributed by atoms with E-state index < -0.39 is 0 Å². The van der Waals surface area contributed by atoms with Crippen LogP contribution in [0.5, 0.6) is 0 Å². The van der Waals surface area contributed by atoms with Crippen molar-refractivity contribution >= 4 is 0 Å². The molecule has 2 unspecified atom stereocenters. The average molecular weight is 236 g/mol. The summed E-state index contributed by atoms with van der Waals surface area (Å²) in [5.41, 5.74) is 2.74. The van der Waals surface area contributed by atoms with Crippen molar-refractivity contribution in [2.24, 2.45) is 0 Å². The summed E-state index contributed by atoms with van der Waals surface area (Å²) in [7, 11) is 0. The molecule has 2 aromatic carbocycles. The minimum absolute atomic E-state index is 0.470. The number of rotatable bonds is 4. The van der Waals surface area contributed by atoms with Crippen molar-refractivity contribution in [1.29, 1.82) is 0 Å². The van der Waals surface area contributed by atoms with Gasteiger partial charge in [0.25, 0.3) is 0 Å². The van der Waals surface area contributed by atoms with Gasteiger partial charge in [0.2, 0.25) is 0 Å². The van der Waals surface area contributed by atoms with Crippen molar-refractivity contribution in [3.63, 3.8) is 0 Å². The van der Waals surface area contributed by atoms with Crippen molar-refractivity contribution in [1.82, 2.24) is 0 Å². The Kier molecular flexibility index (Phi) is 4.35. The highest BCUT2D eigenvalue weighted by atomic mass is 14.1. The van der Waals surface area contributed by atoms with E-state index in [1.807, 2.05) is 0 Å². The van der Waals surface area contributed by atoms with Gasteiger partial charge in [0.15, 0.2) is 0 Å². The first-order valence-corrected chi connectivity index (χ1v) is 6.55. The minimum atomic E-state index is 0.470. The number of hydrogen-bond acceptors (Lipinski definition) is 0. The summed E-state index contributed by atoms with van der Waals surface area (Å²) in [5, 5.41) is 0. The average Bonchev–Trinajstić information content (AvgIpc) is 2.46. The van der Waals surface area contributed by atoms with E-state index in [9.17, 15) is 0 Å². The largest absolute Gasteiger partial charge is 0.0807 e. The molecule has 0 amide bonds. The van der Waals surface area contributed by atoms with Gasteiger partial charge in [-0.15, -0.1) is 0 Å². The molecule has 0 N–H and O–H groups in total. The number of allylic oxidation sites excluding steroid dienone is 2. The molecule has 0 nitrogen and oxygen atoms in total. The highest BCUT2D eigenvalue weighted by Gasteiger charge is 2.03. The maximum Gasteiger partial charge on any atom is -0.00102 e. The van der Waals surface area contributed by atoms with Gasteiger partial charge in [-0.25, -0.2) is 0 Å². The molecular formula is C18H20. The molecule has 0 heteroatoms. The fourth-order valence-corrected chi connectivity index (χ4v) is 2.07. The lowest BCUT2D eigenvalue weighted by molar-refractivity contribution is 0.914. The van der Waals surface area contributed by atoms with Crippen LogP contribution in [0.2, 0.25) is 0 Å². The van der Waals surface area contributed by atoms with Crippen molar-refractivity contribution < 1.29 is 0 Å². The Morgan fingerprint density at radius 3 is 1.28 bits per heavy atom. The third-order valence-corrected chi connectivity index (χ3v) is 3.34. The molecule has 92 valence electrons. The Labute approximate surface area is 110 Å². The van der Waals surface area contributed by atoms with Crippen molar-refractivity contribution in [2.45, 2.75) is 25.7 Å². The third-order valence-electron chi connectivity index (χ3n) is 3.34. The van der Waals surface area contributed by atoms with Crippen molar-refractivity contribution in [3.8, 4) is 0 Å². The minimum Gasteiger partial charge on any atom is -0.0807 e. The van der Waals surface area contributed by atoms with Crippen LogP contribution >= 0.6 is 0 Å². The molecule has 0 fully saturated rings. The van der Waals surface area contributed by atoms with Gasteiger partial charge in [-0.3, -0.25) is 0 Å². The standard InChI is InChI=1S/C18H20/c1-15(17-9-5-3-6-10-17)13-14-16(2)18-11-7-4-8-12-18/h3-16H,1-2H3. The molecule has 0 aliphatic rings. The predicted molar refractivity (Wildman–Crippen MR) is 78.9 cm³/mol. The molecule has 2 aromatic rings. The Morgan fingerprint density at radius 2 is 0.944 bits per heavy atom. The first-order valence-electron chi connectivity index (χ1n) is 6.55. The molecule has 0 saturated carbocycles. The molecule has 18 heavy (non-hydrogen) atoms. The normalized spacial score (nSPS) is 14.6. The van der Waals surface area contributed by atoms with Crippen LogP contribution in [0.3, 0.4) is 0 Å². The fraction of sp³-hybridized carbons (Fsp3) is 0.222. The highest BCUT2D eigenvalue weighted by molar-refractivity contribution is 5.26. The van der Waals surface area contributed by atoms with E-state index in [1.165, 1.54) is 11.1 Å². The zero-order chi connectivity index (χ0) is 12.8. The van der Waals surface area contributed by atoms with Gasteiger partial charge in [-0.2, -0.15) is 0 Å². The first-order chi connectivity index (χ1) is 8.77. The molecule has 0 saturated heterocycles. The summed E-state index contributed by atoms with van der Waals surface area (Å²) >= 11 is 0. The molecule has 0 bridgehead atoms. The quantitative estimate of drug-likeness (QED) is 0.644. The van der Waals surface area contributed by atoms with Crippen molar-refractivity contribution in [3.05, 3.63) is 83.9 Å². The Morgan fingerprint density at radius 1 is 0.611 bits per heavy atom. The van der Waals surface area contributed by atoms with Crippen LogP contribution in [0.1, 0.15) is 36.8 Å². The Balaban J connectivity index is 2.03. The van der Waals surface area contributed by atoms with Crippen molar-refractivity contribution in [2.75, 3.05) is 0 Å². The lowest BCUT2D eigenvalue weighted by atomic mass is 9.96. The van der Waals surface area contributed by atoms with E-state index in [-0.39, 0.29) is 0 Å². The zero-order valence-corrected chi connectivity index (χ0v) is 11.1. The van der Waals surface area contributed by atoms with Gasteiger partial charge < -0.3 is 0 Å². The SMILES string of the molecule is CC(C=CC(C)c1ccccc1)c1ccccc1. The molecule has 0 aromatic heterocycles. The van der Waals surface area contributed by atoms with Crippen LogP contribution in [0, 0.1) is 0 Å². The second-order valence-corrected chi connectivity index (χ2v) is 4.78. The van der Waals surface area contributed by atoms with Gasteiger partial charge in [0.1, 0.15) is 0 Å². The Bertz CT molecular complexity index is 434. The molecule has 2 atom stereocenters. The summed E-state index contributed by atoms with van der Waals surface area (Å²) in [6.07, 6.45) is 4.60. The molecule has 0 spiro atoms. The van der Waals surface area contributed by atoms with E-state index in [4.69, 9.17) is 0 Å². The summed E-state index contributed by atoms with van der Waals surface area (Å²) in [5.74, 6) is 0.940. The smallest absolute Gasteiger partial charge is 0.00102 e. The molecular weight excluding hydrogens is 216 g/mol. The van der Waals surface area contributed by atoms with Crippen LogP contribution < -0.4 is 0 Å². The van der Waals surface area contributed by atoms with E-state index >= 15 is 0 Å². The summed E-state index contributed by atoms with van der Waals surface area (Å²) in [6, 6.07) is 21.2. The lowest BCUT2D eigenvalue weighted by Crippen LogP contribution is -1.92. The molecule has 2 rings (SSSR count). The second-order valence-electron chi connectivity index (χ2n) is 4.78. The maximum atomic E-state index is 2.30. The number of hydrogen-bond donors (Lipinski definition) is 0. The zero-order valence-electron chi connectivity index (χ0n) is 11.1. The fourth-order valence-electron chi connectivity index (χ4n) is 2.07. The molecule has 0 radical (unpaired) electrons. The van der Waals surface area contributed by atoms with Crippen LogP contribution in [0.25, 0.3) is 0 Å². The molecule has 0 aliphatic carbocycles. The third kappa shape index (κ3) is 3.33. The van der Waals surface area contributed by atoms with E-state index in [0.29, 0.717) is 11.8 Å². The van der Waals surface area contributed by atoms with E-state index in [0.717, 1.165) is 0 Å². The highest BCUT2D eigenvalue weighted by Crippen LogP contribution is 2.20. The van der Waals surface area contributed by atoms with Crippen LogP contribution in [0.15, 0.2) is 72.8 Å². The van der Waals surface area contributed by atoms with Gasteiger partial charge in [0.05, 0.1) is 0 Å². The van der Waals surface area contributed by atoms with E-state index in [1.54, 1.807) is 0 Å².